The summed E-state index contributed by atoms with van der Waals surface area (Å²) in [6.07, 6.45) is 0. The summed E-state index contributed by atoms with van der Waals surface area (Å²) in [6.45, 7) is 5.63. The fourth-order valence-corrected chi connectivity index (χ4v) is 4.64. The monoisotopic (exact) mass is 438 g/mol. The van der Waals surface area contributed by atoms with Gasteiger partial charge in [0, 0.05) is 0 Å². The molecule has 0 unspecified atom stereocenters. The molecule has 0 aliphatic carbocycles. The van der Waals surface area contributed by atoms with Gasteiger partial charge in [-0.25, -0.2) is 8.42 Å². The third-order valence-corrected chi connectivity index (χ3v) is 6.52. The van der Waals surface area contributed by atoms with Crippen molar-refractivity contribution >= 4 is 27.3 Å². The van der Waals surface area contributed by atoms with Gasteiger partial charge < -0.3 is 10.1 Å². The predicted octanol–water partition coefficient (Wildman–Crippen LogP) is 4.54. The molecule has 3 aromatic carbocycles. The summed E-state index contributed by atoms with van der Waals surface area (Å²) < 4.78 is 33.6. The van der Waals surface area contributed by atoms with Gasteiger partial charge in [-0.3, -0.25) is 9.10 Å². The SMILES string of the molecule is CCOc1ccccc1NC(=O)CN(c1ccccc1C)S(=O)(=O)c1ccc(C)cc1. The molecular formula is C24H26N2O4S. The maximum absolute atomic E-state index is 13.5. The molecule has 0 aliphatic rings. The number of rotatable bonds is 8. The number of ether oxygens (including phenoxy) is 1. The van der Waals surface area contributed by atoms with Gasteiger partial charge in [-0.1, -0.05) is 48.0 Å². The van der Waals surface area contributed by atoms with Crippen LogP contribution < -0.4 is 14.4 Å². The summed E-state index contributed by atoms with van der Waals surface area (Å²) in [7, 11) is -3.96. The van der Waals surface area contributed by atoms with Crippen LogP contribution in [0.1, 0.15) is 18.1 Å². The van der Waals surface area contributed by atoms with Gasteiger partial charge in [0.05, 0.1) is 22.9 Å². The Kier molecular flexibility index (Phi) is 6.97. The highest BCUT2D eigenvalue weighted by Gasteiger charge is 2.28. The van der Waals surface area contributed by atoms with Gasteiger partial charge in [-0.15, -0.1) is 0 Å². The molecule has 7 heteroatoms. The van der Waals surface area contributed by atoms with Crippen LogP contribution in [0.25, 0.3) is 0 Å². The first kappa shape index (κ1) is 22.4. The molecule has 0 bridgehead atoms. The van der Waals surface area contributed by atoms with Gasteiger partial charge in [0.15, 0.2) is 0 Å². The summed E-state index contributed by atoms with van der Waals surface area (Å²) in [5.41, 5.74) is 2.65. The van der Waals surface area contributed by atoms with Crippen LogP contribution in [-0.2, 0) is 14.8 Å². The topological polar surface area (TPSA) is 75.7 Å². The van der Waals surface area contributed by atoms with E-state index < -0.39 is 15.9 Å². The first-order chi connectivity index (χ1) is 14.8. The zero-order chi connectivity index (χ0) is 22.4. The molecule has 0 saturated heterocycles. The van der Waals surface area contributed by atoms with Crippen molar-refractivity contribution in [3.63, 3.8) is 0 Å². The average molecular weight is 439 g/mol. The Morgan fingerprint density at radius 3 is 2.26 bits per heavy atom. The van der Waals surface area contributed by atoms with Crippen molar-refractivity contribution in [1.29, 1.82) is 0 Å². The second-order valence-electron chi connectivity index (χ2n) is 7.09. The fraction of sp³-hybridized carbons (Fsp3) is 0.208. The number of sulfonamides is 1. The number of aryl methyl sites for hydroxylation is 2. The first-order valence-electron chi connectivity index (χ1n) is 9.99. The van der Waals surface area contributed by atoms with E-state index in [1.807, 2.05) is 39.0 Å². The molecule has 0 aromatic heterocycles. The maximum Gasteiger partial charge on any atom is 0.264 e. The minimum atomic E-state index is -3.96. The van der Waals surface area contributed by atoms with E-state index >= 15 is 0 Å². The lowest BCUT2D eigenvalue weighted by atomic mass is 10.2. The number of carbonyl (C=O) groups excluding carboxylic acids is 1. The molecule has 1 N–H and O–H groups in total. The number of amides is 1. The standard InChI is InChI=1S/C24H26N2O4S/c1-4-30-23-12-8-6-10-21(23)25-24(27)17-26(22-11-7-5-9-19(22)3)31(28,29)20-15-13-18(2)14-16-20/h5-16H,4,17H2,1-3H3,(H,25,27). The Morgan fingerprint density at radius 1 is 0.935 bits per heavy atom. The molecule has 1 amide bonds. The molecule has 0 saturated carbocycles. The lowest BCUT2D eigenvalue weighted by Crippen LogP contribution is -2.38. The maximum atomic E-state index is 13.5. The van der Waals surface area contributed by atoms with Crippen molar-refractivity contribution in [3.05, 3.63) is 83.9 Å². The molecule has 6 nitrogen and oxygen atoms in total. The number of carbonyl (C=O) groups is 1. The van der Waals surface area contributed by atoms with E-state index in [4.69, 9.17) is 4.74 Å². The quantitative estimate of drug-likeness (QED) is 0.560. The molecule has 0 spiro atoms. The van der Waals surface area contributed by atoms with Crippen LogP contribution in [0.5, 0.6) is 5.75 Å². The minimum Gasteiger partial charge on any atom is -0.492 e. The van der Waals surface area contributed by atoms with Crippen molar-refractivity contribution in [2.75, 3.05) is 22.8 Å². The van der Waals surface area contributed by atoms with Crippen molar-refractivity contribution in [1.82, 2.24) is 0 Å². The highest BCUT2D eigenvalue weighted by Crippen LogP contribution is 2.28. The number of para-hydroxylation sites is 3. The van der Waals surface area contributed by atoms with Gasteiger partial charge in [0.25, 0.3) is 10.0 Å². The second-order valence-corrected chi connectivity index (χ2v) is 8.95. The van der Waals surface area contributed by atoms with Gasteiger partial charge in [0.1, 0.15) is 12.3 Å². The lowest BCUT2D eigenvalue weighted by molar-refractivity contribution is -0.114. The van der Waals surface area contributed by atoms with E-state index in [0.29, 0.717) is 23.7 Å². The number of benzene rings is 3. The van der Waals surface area contributed by atoms with Gasteiger partial charge in [0.2, 0.25) is 5.91 Å². The third kappa shape index (κ3) is 5.24. The summed E-state index contributed by atoms with van der Waals surface area (Å²) in [4.78, 5) is 13.1. The van der Waals surface area contributed by atoms with Crippen molar-refractivity contribution in [2.24, 2.45) is 0 Å². The third-order valence-electron chi connectivity index (χ3n) is 4.74. The zero-order valence-corrected chi connectivity index (χ0v) is 18.6. The molecule has 0 fully saturated rings. The van der Waals surface area contributed by atoms with Crippen molar-refractivity contribution < 1.29 is 17.9 Å². The summed E-state index contributed by atoms with van der Waals surface area (Å²) >= 11 is 0. The summed E-state index contributed by atoms with van der Waals surface area (Å²) in [6, 6.07) is 20.7. The lowest BCUT2D eigenvalue weighted by Gasteiger charge is -2.25. The van der Waals surface area contributed by atoms with E-state index in [1.165, 1.54) is 0 Å². The van der Waals surface area contributed by atoms with E-state index in [0.717, 1.165) is 15.4 Å². The zero-order valence-electron chi connectivity index (χ0n) is 17.8. The minimum absolute atomic E-state index is 0.129. The average Bonchev–Trinajstić information content (AvgIpc) is 2.74. The van der Waals surface area contributed by atoms with E-state index in [2.05, 4.69) is 5.32 Å². The van der Waals surface area contributed by atoms with Crippen LogP contribution >= 0.6 is 0 Å². The smallest absolute Gasteiger partial charge is 0.264 e. The Morgan fingerprint density at radius 2 is 1.58 bits per heavy atom. The van der Waals surface area contributed by atoms with Crippen LogP contribution in [-0.4, -0.2) is 27.5 Å². The molecule has 0 atom stereocenters. The van der Waals surface area contributed by atoms with E-state index in [-0.39, 0.29) is 11.4 Å². The Labute approximate surface area is 183 Å². The highest BCUT2D eigenvalue weighted by molar-refractivity contribution is 7.92. The van der Waals surface area contributed by atoms with Crippen LogP contribution in [0.2, 0.25) is 0 Å². The van der Waals surface area contributed by atoms with Crippen LogP contribution in [0.4, 0.5) is 11.4 Å². The molecule has 3 rings (SSSR count). The summed E-state index contributed by atoms with van der Waals surface area (Å²) in [5, 5.41) is 2.78. The Balaban J connectivity index is 1.95. The first-order valence-corrected chi connectivity index (χ1v) is 11.4. The number of nitrogens with one attached hydrogen (secondary N) is 1. The number of hydrogen-bond acceptors (Lipinski definition) is 4. The molecule has 31 heavy (non-hydrogen) atoms. The Hall–Kier alpha value is -3.32. The predicted molar refractivity (Wildman–Crippen MR) is 123 cm³/mol. The van der Waals surface area contributed by atoms with Crippen molar-refractivity contribution in [3.8, 4) is 5.75 Å². The van der Waals surface area contributed by atoms with Gasteiger partial charge in [-0.05, 0) is 56.7 Å². The normalized spacial score (nSPS) is 11.1. The molecule has 0 radical (unpaired) electrons. The number of hydrogen-bond donors (Lipinski definition) is 1. The second kappa shape index (κ2) is 9.66. The van der Waals surface area contributed by atoms with E-state index in [1.54, 1.807) is 54.6 Å². The molecule has 0 aliphatic heterocycles. The molecule has 3 aromatic rings. The Bertz CT molecular complexity index is 1160. The van der Waals surface area contributed by atoms with Crippen LogP contribution in [0.15, 0.2) is 77.7 Å². The van der Waals surface area contributed by atoms with Gasteiger partial charge >= 0.3 is 0 Å². The molecule has 0 heterocycles. The molecular weight excluding hydrogens is 412 g/mol. The summed E-state index contributed by atoms with van der Waals surface area (Å²) in [5.74, 6) is 0.0632. The number of nitrogens with zero attached hydrogens (tertiary/aromatic N) is 1. The van der Waals surface area contributed by atoms with Crippen molar-refractivity contribution in [2.45, 2.75) is 25.7 Å². The van der Waals surface area contributed by atoms with E-state index in [9.17, 15) is 13.2 Å². The van der Waals surface area contributed by atoms with Gasteiger partial charge in [-0.2, -0.15) is 0 Å². The largest absolute Gasteiger partial charge is 0.492 e. The highest BCUT2D eigenvalue weighted by atomic mass is 32.2. The molecule has 162 valence electrons. The number of anilines is 2. The van der Waals surface area contributed by atoms with Crippen LogP contribution in [0.3, 0.4) is 0 Å². The fourth-order valence-electron chi connectivity index (χ4n) is 3.15. The van der Waals surface area contributed by atoms with Crippen LogP contribution in [0, 0.1) is 13.8 Å².